The van der Waals surface area contributed by atoms with Crippen LogP contribution >= 0.6 is 11.3 Å². The molecule has 1 aromatic heterocycles. The van der Waals surface area contributed by atoms with Gasteiger partial charge in [0, 0.05) is 16.8 Å². The minimum Gasteiger partial charge on any atom is -0.448 e. The second-order valence-electron chi connectivity index (χ2n) is 6.51. The van der Waals surface area contributed by atoms with Gasteiger partial charge in [-0.1, -0.05) is 29.8 Å². The molecule has 2 aromatic carbocycles. The number of benzene rings is 2. The van der Waals surface area contributed by atoms with Crippen molar-refractivity contribution >= 4 is 34.8 Å². The Labute approximate surface area is 172 Å². The zero-order chi connectivity index (χ0) is 21.0. The van der Waals surface area contributed by atoms with Crippen LogP contribution < -0.4 is 11.1 Å². The van der Waals surface area contributed by atoms with Gasteiger partial charge in [0.15, 0.2) is 6.10 Å². The molecule has 3 aromatic rings. The van der Waals surface area contributed by atoms with Crippen LogP contribution in [0.1, 0.15) is 32.5 Å². The summed E-state index contributed by atoms with van der Waals surface area (Å²) >= 11 is 1.27. The number of esters is 1. The van der Waals surface area contributed by atoms with Crippen LogP contribution in [-0.4, -0.2) is 23.9 Å². The fraction of sp³-hybridized carbons (Fsp3) is 0.136. The Bertz CT molecular complexity index is 1040. The van der Waals surface area contributed by atoms with E-state index in [1.165, 1.54) is 30.4 Å². The molecule has 0 saturated heterocycles. The highest BCUT2D eigenvalue weighted by atomic mass is 32.1. The Balaban J connectivity index is 1.66. The van der Waals surface area contributed by atoms with E-state index < -0.39 is 23.9 Å². The number of aryl methyl sites for hydroxylation is 1. The van der Waals surface area contributed by atoms with E-state index in [2.05, 4.69) is 5.32 Å². The number of carbonyl (C=O) groups excluding carboxylic acids is 3. The van der Waals surface area contributed by atoms with Gasteiger partial charge < -0.3 is 15.8 Å². The number of ether oxygens (including phenoxy) is 1. The topological polar surface area (TPSA) is 98.5 Å². The van der Waals surface area contributed by atoms with Crippen LogP contribution in [0, 0.1) is 6.92 Å². The lowest BCUT2D eigenvalue weighted by atomic mass is 10.1. The highest BCUT2D eigenvalue weighted by Crippen LogP contribution is 2.29. The maximum Gasteiger partial charge on any atom is 0.349 e. The van der Waals surface area contributed by atoms with E-state index in [0.717, 1.165) is 16.7 Å². The minimum atomic E-state index is -0.994. The predicted molar refractivity (Wildman–Crippen MR) is 113 cm³/mol. The van der Waals surface area contributed by atoms with Gasteiger partial charge in [-0.15, -0.1) is 11.3 Å². The Morgan fingerprint density at radius 3 is 2.28 bits per heavy atom. The maximum atomic E-state index is 12.6. The molecule has 148 valence electrons. The van der Waals surface area contributed by atoms with Crippen LogP contribution in [0.15, 0.2) is 60.0 Å². The van der Waals surface area contributed by atoms with Crippen molar-refractivity contribution in [1.82, 2.24) is 0 Å². The van der Waals surface area contributed by atoms with Gasteiger partial charge in [-0.25, -0.2) is 4.79 Å². The lowest BCUT2D eigenvalue weighted by Gasteiger charge is -2.14. The molecule has 0 fully saturated rings. The first-order valence-corrected chi connectivity index (χ1v) is 9.79. The van der Waals surface area contributed by atoms with E-state index in [9.17, 15) is 14.4 Å². The summed E-state index contributed by atoms with van der Waals surface area (Å²) in [6.45, 7) is 3.50. The molecule has 3 N–H and O–H groups in total. The first kappa shape index (κ1) is 20.3. The highest BCUT2D eigenvalue weighted by Gasteiger charge is 2.22. The van der Waals surface area contributed by atoms with Crippen molar-refractivity contribution < 1.29 is 19.1 Å². The van der Waals surface area contributed by atoms with Crippen LogP contribution in [0.4, 0.5) is 5.69 Å². The van der Waals surface area contributed by atoms with Gasteiger partial charge in [0.05, 0.1) is 0 Å². The van der Waals surface area contributed by atoms with Gasteiger partial charge >= 0.3 is 5.97 Å². The number of thiophene rings is 1. The molecule has 0 unspecified atom stereocenters. The van der Waals surface area contributed by atoms with Crippen LogP contribution in [0.5, 0.6) is 0 Å². The van der Waals surface area contributed by atoms with Crippen LogP contribution in [0.3, 0.4) is 0 Å². The predicted octanol–water partition coefficient (Wildman–Crippen LogP) is 4.01. The molecule has 0 aliphatic carbocycles. The molecule has 29 heavy (non-hydrogen) atoms. The quantitative estimate of drug-likeness (QED) is 0.602. The lowest BCUT2D eigenvalue weighted by molar-refractivity contribution is -0.123. The molecule has 7 heteroatoms. The number of primary amides is 1. The third-order valence-electron chi connectivity index (χ3n) is 4.30. The van der Waals surface area contributed by atoms with E-state index in [-0.39, 0.29) is 0 Å². The van der Waals surface area contributed by atoms with Crippen LogP contribution in [0.25, 0.3) is 11.1 Å². The van der Waals surface area contributed by atoms with E-state index >= 15 is 0 Å². The molecular weight excluding hydrogens is 388 g/mol. The number of rotatable bonds is 6. The molecule has 1 atom stereocenters. The molecule has 0 spiro atoms. The summed E-state index contributed by atoms with van der Waals surface area (Å²) in [6, 6.07) is 15.8. The van der Waals surface area contributed by atoms with Gasteiger partial charge in [-0.3, -0.25) is 9.59 Å². The highest BCUT2D eigenvalue weighted by molar-refractivity contribution is 7.12. The van der Waals surface area contributed by atoms with Crippen molar-refractivity contribution in [3.8, 4) is 11.1 Å². The Hall–Kier alpha value is -3.45. The van der Waals surface area contributed by atoms with E-state index in [1.807, 2.05) is 42.6 Å². The van der Waals surface area contributed by atoms with Crippen molar-refractivity contribution in [2.45, 2.75) is 20.0 Å². The fourth-order valence-corrected chi connectivity index (χ4v) is 3.45. The van der Waals surface area contributed by atoms with E-state index in [0.29, 0.717) is 16.1 Å². The zero-order valence-corrected chi connectivity index (χ0v) is 16.8. The zero-order valence-electron chi connectivity index (χ0n) is 16.0. The number of anilines is 1. The average molecular weight is 408 g/mol. The van der Waals surface area contributed by atoms with Gasteiger partial charge in [-0.05, 0) is 55.1 Å². The maximum absolute atomic E-state index is 12.6. The Morgan fingerprint density at radius 2 is 1.66 bits per heavy atom. The van der Waals surface area contributed by atoms with Crippen molar-refractivity contribution in [2.75, 3.05) is 5.32 Å². The summed E-state index contributed by atoms with van der Waals surface area (Å²) in [4.78, 5) is 36.5. The van der Waals surface area contributed by atoms with Crippen LogP contribution in [-0.2, 0) is 9.53 Å². The smallest absolute Gasteiger partial charge is 0.349 e. The first-order chi connectivity index (χ1) is 13.8. The monoisotopic (exact) mass is 408 g/mol. The molecule has 2 amide bonds. The number of amides is 2. The number of carbonyl (C=O) groups is 3. The summed E-state index contributed by atoms with van der Waals surface area (Å²) in [5.74, 6) is -1.58. The van der Waals surface area contributed by atoms with Gasteiger partial charge in [0.2, 0.25) is 5.91 Å². The lowest BCUT2D eigenvalue weighted by Crippen LogP contribution is -2.29. The molecule has 1 heterocycles. The van der Waals surface area contributed by atoms with Crippen molar-refractivity contribution in [1.29, 1.82) is 0 Å². The number of hydrogen-bond donors (Lipinski definition) is 2. The number of nitrogens with one attached hydrogen (secondary N) is 1. The van der Waals surface area contributed by atoms with Crippen molar-refractivity contribution in [3.05, 3.63) is 76.0 Å². The molecule has 0 radical (unpaired) electrons. The fourth-order valence-electron chi connectivity index (χ4n) is 2.66. The summed E-state index contributed by atoms with van der Waals surface area (Å²) in [7, 11) is 0. The van der Waals surface area contributed by atoms with E-state index in [1.54, 1.807) is 12.1 Å². The molecule has 0 aliphatic heterocycles. The molecule has 0 bridgehead atoms. The standard InChI is InChI=1S/C22H20N2O4S/c1-13-3-5-15(6-4-13)18-11-12-29-19(18)22(27)28-14(2)21(26)24-17-9-7-16(8-10-17)20(23)25/h3-12,14H,1-2H3,(H2,23,25)(H,24,26)/t14-/m0/s1. The molecular formula is C22H20N2O4S. The summed E-state index contributed by atoms with van der Waals surface area (Å²) in [6.07, 6.45) is -0.994. The van der Waals surface area contributed by atoms with Gasteiger partial charge in [0.1, 0.15) is 4.88 Å². The molecule has 6 nitrogen and oxygen atoms in total. The molecule has 0 saturated carbocycles. The molecule has 0 aliphatic rings. The van der Waals surface area contributed by atoms with Crippen molar-refractivity contribution in [3.63, 3.8) is 0 Å². The normalized spacial score (nSPS) is 11.5. The largest absolute Gasteiger partial charge is 0.448 e. The SMILES string of the molecule is Cc1ccc(-c2ccsc2C(=O)O[C@@H](C)C(=O)Nc2ccc(C(N)=O)cc2)cc1. The van der Waals surface area contributed by atoms with Gasteiger partial charge in [0.25, 0.3) is 5.91 Å². The summed E-state index contributed by atoms with van der Waals surface area (Å²) < 4.78 is 5.36. The second-order valence-corrected chi connectivity index (χ2v) is 7.42. The number of nitrogens with two attached hydrogens (primary N) is 1. The Kier molecular flexibility index (Phi) is 6.09. The number of hydrogen-bond acceptors (Lipinski definition) is 5. The third kappa shape index (κ3) is 4.89. The minimum absolute atomic E-state index is 0.337. The van der Waals surface area contributed by atoms with E-state index in [4.69, 9.17) is 10.5 Å². The summed E-state index contributed by atoms with van der Waals surface area (Å²) in [5.41, 5.74) is 8.81. The van der Waals surface area contributed by atoms with Gasteiger partial charge in [-0.2, -0.15) is 0 Å². The third-order valence-corrected chi connectivity index (χ3v) is 5.20. The summed E-state index contributed by atoms with van der Waals surface area (Å²) in [5, 5.41) is 4.46. The Morgan fingerprint density at radius 1 is 1.00 bits per heavy atom. The average Bonchev–Trinajstić information content (AvgIpc) is 3.19. The van der Waals surface area contributed by atoms with Crippen molar-refractivity contribution in [2.24, 2.45) is 5.73 Å². The first-order valence-electron chi connectivity index (χ1n) is 8.91. The molecule has 3 rings (SSSR count). The van der Waals surface area contributed by atoms with Crippen LogP contribution in [0.2, 0.25) is 0 Å². The second kappa shape index (κ2) is 8.70.